The third-order valence-corrected chi connectivity index (χ3v) is 5.92. The molecule has 2 aromatic rings. The molecule has 4 rings (SSSR count). The normalized spacial score (nSPS) is 19.3. The van der Waals surface area contributed by atoms with Crippen LogP contribution in [0.3, 0.4) is 0 Å². The van der Waals surface area contributed by atoms with E-state index in [1.165, 1.54) is 11.3 Å². The molecule has 122 valence electrons. The number of hydrogen-bond donors (Lipinski definition) is 1. The fourth-order valence-electron chi connectivity index (χ4n) is 3.07. The highest BCUT2D eigenvalue weighted by Gasteiger charge is 2.44. The van der Waals surface area contributed by atoms with E-state index in [4.69, 9.17) is 10.5 Å². The minimum absolute atomic E-state index is 0.0882. The summed E-state index contributed by atoms with van der Waals surface area (Å²) < 4.78 is 6.25. The molecule has 7 heteroatoms. The van der Waals surface area contributed by atoms with Gasteiger partial charge in [0.2, 0.25) is 11.7 Å². The topological polar surface area (TPSA) is 93.2 Å². The molecule has 1 aliphatic carbocycles. The van der Waals surface area contributed by atoms with Crippen LogP contribution < -0.4 is 5.73 Å². The van der Waals surface area contributed by atoms with E-state index < -0.39 is 11.7 Å². The van der Waals surface area contributed by atoms with Crippen LogP contribution in [0.25, 0.3) is 0 Å². The van der Waals surface area contributed by atoms with Gasteiger partial charge in [-0.25, -0.2) is 0 Å². The van der Waals surface area contributed by atoms with Gasteiger partial charge < -0.3 is 10.5 Å². The maximum absolute atomic E-state index is 13.1. The van der Waals surface area contributed by atoms with Crippen LogP contribution in [-0.2, 0) is 4.74 Å². The van der Waals surface area contributed by atoms with Gasteiger partial charge in [-0.3, -0.25) is 9.59 Å². The minimum atomic E-state index is -0.713. The van der Waals surface area contributed by atoms with Gasteiger partial charge in [-0.05, 0) is 22.0 Å². The van der Waals surface area contributed by atoms with Gasteiger partial charge in [0.25, 0.3) is 0 Å². The third kappa shape index (κ3) is 2.26. The van der Waals surface area contributed by atoms with Gasteiger partial charge in [0.15, 0.2) is 11.5 Å². The Morgan fingerprint density at radius 2 is 1.88 bits per heavy atom. The molecule has 2 N–H and O–H groups in total. The number of nitrogens with zero attached hydrogens (tertiary/aromatic N) is 1. The number of thiophene rings is 1. The first-order valence-corrected chi connectivity index (χ1v) is 8.94. The molecular formula is C18H9BrN2O3S. The predicted molar refractivity (Wildman–Crippen MR) is 94.8 cm³/mol. The van der Waals surface area contributed by atoms with Crippen LogP contribution in [0.1, 0.15) is 31.5 Å². The molecule has 1 aliphatic heterocycles. The number of nitriles is 1. The van der Waals surface area contributed by atoms with E-state index in [2.05, 4.69) is 15.9 Å². The van der Waals surface area contributed by atoms with Crippen molar-refractivity contribution in [1.82, 2.24) is 0 Å². The van der Waals surface area contributed by atoms with Crippen molar-refractivity contribution in [2.45, 2.75) is 5.92 Å². The molecule has 0 spiro atoms. The van der Waals surface area contributed by atoms with E-state index in [9.17, 15) is 14.9 Å². The highest BCUT2D eigenvalue weighted by Crippen LogP contribution is 2.45. The maximum Gasteiger partial charge on any atom is 0.229 e. The number of ketones is 2. The number of carbonyl (C=O) groups is 2. The van der Waals surface area contributed by atoms with Crippen LogP contribution in [0.15, 0.2) is 63.0 Å². The van der Waals surface area contributed by atoms with Crippen LogP contribution in [-0.4, -0.2) is 11.6 Å². The average molecular weight is 413 g/mol. The van der Waals surface area contributed by atoms with Gasteiger partial charge in [-0.15, -0.1) is 11.3 Å². The van der Waals surface area contributed by atoms with Crippen molar-refractivity contribution in [3.8, 4) is 6.07 Å². The summed E-state index contributed by atoms with van der Waals surface area (Å²) in [5.41, 5.74) is 6.79. The average Bonchev–Trinajstić information content (AvgIpc) is 3.04. The minimum Gasteiger partial charge on any atom is -0.436 e. The molecule has 0 saturated heterocycles. The summed E-state index contributed by atoms with van der Waals surface area (Å²) in [6.45, 7) is 0. The van der Waals surface area contributed by atoms with Crippen molar-refractivity contribution in [2.24, 2.45) is 5.73 Å². The molecule has 0 amide bonds. The molecule has 1 unspecified atom stereocenters. The van der Waals surface area contributed by atoms with Gasteiger partial charge >= 0.3 is 0 Å². The van der Waals surface area contributed by atoms with E-state index in [0.29, 0.717) is 5.56 Å². The Hall–Kier alpha value is -2.69. The largest absolute Gasteiger partial charge is 0.436 e. The molecule has 2 aliphatic rings. The van der Waals surface area contributed by atoms with Gasteiger partial charge in [0.05, 0.1) is 11.5 Å². The Kier molecular flexibility index (Phi) is 3.60. The summed E-state index contributed by atoms with van der Waals surface area (Å²) in [4.78, 5) is 26.6. The van der Waals surface area contributed by atoms with Crippen molar-refractivity contribution in [2.75, 3.05) is 0 Å². The fourth-order valence-corrected chi connectivity index (χ4v) is 4.63. The molecule has 1 aromatic heterocycles. The van der Waals surface area contributed by atoms with E-state index in [1.54, 1.807) is 24.3 Å². The number of hydrogen-bond acceptors (Lipinski definition) is 6. The molecule has 0 bridgehead atoms. The second-order valence-corrected chi connectivity index (χ2v) is 7.40. The molecular weight excluding hydrogens is 404 g/mol. The van der Waals surface area contributed by atoms with Gasteiger partial charge in [-0.2, -0.15) is 5.26 Å². The van der Waals surface area contributed by atoms with Crippen molar-refractivity contribution in [1.29, 1.82) is 5.26 Å². The Balaban J connectivity index is 1.98. The first-order chi connectivity index (χ1) is 12.0. The fraction of sp³-hybridized carbons (Fsp3) is 0.0556. The molecule has 2 heterocycles. The summed E-state index contributed by atoms with van der Waals surface area (Å²) in [6, 6.07) is 10.4. The summed E-state index contributed by atoms with van der Waals surface area (Å²) in [5, 5.41) is 11.4. The van der Waals surface area contributed by atoms with E-state index in [-0.39, 0.29) is 34.1 Å². The second-order valence-electron chi connectivity index (χ2n) is 5.54. The zero-order valence-corrected chi connectivity index (χ0v) is 15.0. The molecule has 1 aromatic carbocycles. The monoisotopic (exact) mass is 412 g/mol. The van der Waals surface area contributed by atoms with Crippen molar-refractivity contribution in [3.63, 3.8) is 0 Å². The number of fused-ring (bicyclic) bond motifs is 1. The first-order valence-electron chi connectivity index (χ1n) is 7.27. The van der Waals surface area contributed by atoms with Gasteiger partial charge in [-0.1, -0.05) is 24.3 Å². The quantitative estimate of drug-likeness (QED) is 0.771. The number of halogens is 1. The number of Topliss-reactive ketones (excluding diaryl/α,β-unsaturated/α-hetero) is 2. The lowest BCUT2D eigenvalue weighted by molar-refractivity contribution is 0.0897. The van der Waals surface area contributed by atoms with Crippen LogP contribution in [0, 0.1) is 11.3 Å². The van der Waals surface area contributed by atoms with Crippen LogP contribution in [0.2, 0.25) is 0 Å². The molecule has 0 radical (unpaired) electrons. The lowest BCUT2D eigenvalue weighted by atomic mass is 9.77. The second kappa shape index (κ2) is 5.69. The van der Waals surface area contributed by atoms with Crippen molar-refractivity contribution in [3.05, 3.63) is 79.0 Å². The van der Waals surface area contributed by atoms with Gasteiger partial charge in [0, 0.05) is 25.9 Å². The van der Waals surface area contributed by atoms with E-state index >= 15 is 0 Å². The number of allylic oxidation sites excluding steroid dienone is 3. The summed E-state index contributed by atoms with van der Waals surface area (Å²) in [6.07, 6.45) is 0. The Morgan fingerprint density at radius 3 is 2.48 bits per heavy atom. The zero-order valence-electron chi connectivity index (χ0n) is 12.6. The highest BCUT2D eigenvalue weighted by molar-refractivity contribution is 9.10. The molecule has 0 saturated carbocycles. The molecule has 5 nitrogen and oxygen atoms in total. The van der Waals surface area contributed by atoms with Crippen LogP contribution >= 0.6 is 27.3 Å². The highest BCUT2D eigenvalue weighted by atomic mass is 79.9. The number of nitrogens with two attached hydrogens (primary N) is 1. The standard InChI is InChI=1S/C18H9BrN2O3S/c19-8-5-12(25-7-8)13-11(6-20)18(21)24-17-14(13)15(22)9-3-1-2-4-10(9)16(17)23/h1-5,7,13H,21H2. The Morgan fingerprint density at radius 1 is 1.20 bits per heavy atom. The number of benzene rings is 1. The van der Waals surface area contributed by atoms with Crippen molar-refractivity contribution < 1.29 is 14.3 Å². The first kappa shape index (κ1) is 15.8. The van der Waals surface area contributed by atoms with Crippen LogP contribution in [0.4, 0.5) is 0 Å². The zero-order chi connectivity index (χ0) is 17.7. The van der Waals surface area contributed by atoms with Crippen LogP contribution in [0.5, 0.6) is 0 Å². The molecule has 0 fully saturated rings. The SMILES string of the molecule is N#CC1=C(N)OC2=C(C(=O)c3ccccc3C2=O)C1c1cc(Br)cs1. The number of carbonyl (C=O) groups excluding carboxylic acids is 2. The van der Waals surface area contributed by atoms with E-state index in [1.807, 2.05) is 17.5 Å². The molecule has 25 heavy (non-hydrogen) atoms. The van der Waals surface area contributed by atoms with E-state index in [0.717, 1.165) is 9.35 Å². The number of ether oxygens (including phenoxy) is 1. The lowest BCUT2D eigenvalue weighted by Gasteiger charge is -2.30. The lowest BCUT2D eigenvalue weighted by Crippen LogP contribution is -2.32. The maximum atomic E-state index is 13.1. The van der Waals surface area contributed by atoms with Gasteiger partial charge in [0.1, 0.15) is 11.6 Å². The predicted octanol–water partition coefficient (Wildman–Crippen LogP) is 3.65. The number of rotatable bonds is 1. The Labute approximate surface area is 155 Å². The molecule has 1 atom stereocenters. The van der Waals surface area contributed by atoms with Crippen molar-refractivity contribution >= 4 is 38.8 Å². The third-order valence-electron chi connectivity index (χ3n) is 4.16. The smallest absolute Gasteiger partial charge is 0.229 e. The summed E-state index contributed by atoms with van der Waals surface area (Å²) in [5.74, 6) is -1.66. The Bertz CT molecular complexity index is 1060. The summed E-state index contributed by atoms with van der Waals surface area (Å²) >= 11 is 4.75. The summed E-state index contributed by atoms with van der Waals surface area (Å²) in [7, 11) is 0.